The lowest BCUT2D eigenvalue weighted by Gasteiger charge is -2.19. The van der Waals surface area contributed by atoms with Crippen molar-refractivity contribution in [2.24, 2.45) is 0 Å². The molecule has 0 atom stereocenters. The minimum atomic E-state index is -0.134. The number of carbonyl (C=O) groups is 1. The summed E-state index contributed by atoms with van der Waals surface area (Å²) in [6, 6.07) is 7.26. The lowest BCUT2D eigenvalue weighted by Crippen LogP contribution is -2.28. The van der Waals surface area contributed by atoms with Crippen LogP contribution in [-0.2, 0) is 6.54 Å². The topological polar surface area (TPSA) is 62.5 Å². The Morgan fingerprint density at radius 1 is 1.20 bits per heavy atom. The van der Waals surface area contributed by atoms with Crippen LogP contribution < -0.4 is 10.2 Å². The number of carbonyl (C=O) groups excluding carboxylic acids is 1. The number of hydrogen-bond acceptors (Lipinski definition) is 4. The lowest BCUT2D eigenvalue weighted by molar-refractivity contribution is 0.0950. The summed E-state index contributed by atoms with van der Waals surface area (Å²) in [5.41, 5.74) is 2.19. The molecule has 1 N–H and O–H groups in total. The zero-order valence-corrected chi connectivity index (χ0v) is 14.4. The molecule has 1 fully saturated rings. The lowest BCUT2D eigenvalue weighted by atomic mass is 10.2. The van der Waals surface area contributed by atoms with Gasteiger partial charge in [0.15, 0.2) is 0 Å². The number of pyridine rings is 2. The van der Waals surface area contributed by atoms with E-state index in [4.69, 9.17) is 11.6 Å². The Balaban J connectivity index is 1.50. The van der Waals surface area contributed by atoms with E-state index in [1.165, 1.54) is 0 Å². The molecule has 1 amide bonds. The highest BCUT2D eigenvalue weighted by molar-refractivity contribution is 6.30. The number of nitrogens with zero attached hydrogens (tertiary/aromatic N) is 4. The molecule has 3 aromatic rings. The van der Waals surface area contributed by atoms with Crippen LogP contribution >= 0.6 is 11.6 Å². The molecule has 128 valence electrons. The molecule has 0 unspecified atom stereocenters. The van der Waals surface area contributed by atoms with Crippen molar-refractivity contribution in [2.75, 3.05) is 18.0 Å². The van der Waals surface area contributed by atoms with Crippen molar-refractivity contribution in [3.8, 4) is 0 Å². The van der Waals surface area contributed by atoms with E-state index >= 15 is 0 Å². The molecule has 0 saturated carbocycles. The zero-order valence-electron chi connectivity index (χ0n) is 13.7. The molecule has 4 rings (SSSR count). The maximum Gasteiger partial charge on any atom is 0.255 e. The van der Waals surface area contributed by atoms with Crippen molar-refractivity contribution >= 4 is 29.0 Å². The summed E-state index contributed by atoms with van der Waals surface area (Å²) in [7, 11) is 0. The number of imidazole rings is 1. The van der Waals surface area contributed by atoms with E-state index in [2.05, 4.69) is 20.2 Å². The van der Waals surface area contributed by atoms with Crippen molar-refractivity contribution in [1.82, 2.24) is 19.7 Å². The third-order valence-corrected chi connectivity index (χ3v) is 4.56. The van der Waals surface area contributed by atoms with Gasteiger partial charge in [0, 0.05) is 31.7 Å². The number of fused-ring (bicyclic) bond motifs is 1. The van der Waals surface area contributed by atoms with Crippen molar-refractivity contribution in [3.63, 3.8) is 0 Å². The van der Waals surface area contributed by atoms with Crippen LogP contribution in [-0.4, -0.2) is 33.4 Å². The Kier molecular flexibility index (Phi) is 4.28. The van der Waals surface area contributed by atoms with Gasteiger partial charge in [-0.3, -0.25) is 4.79 Å². The van der Waals surface area contributed by atoms with Crippen LogP contribution in [0, 0.1) is 0 Å². The number of amides is 1. The molecule has 0 bridgehead atoms. The highest BCUT2D eigenvalue weighted by Crippen LogP contribution is 2.22. The first-order chi connectivity index (χ1) is 12.2. The fraction of sp³-hybridized carbons (Fsp3) is 0.278. The molecule has 3 aromatic heterocycles. The second kappa shape index (κ2) is 6.72. The van der Waals surface area contributed by atoms with Gasteiger partial charge in [-0.25, -0.2) is 9.97 Å². The maximum atomic E-state index is 12.6. The van der Waals surface area contributed by atoms with Gasteiger partial charge in [-0.2, -0.15) is 0 Å². The molecule has 0 radical (unpaired) electrons. The van der Waals surface area contributed by atoms with Gasteiger partial charge in [-0.1, -0.05) is 11.6 Å². The molecule has 0 aliphatic carbocycles. The summed E-state index contributed by atoms with van der Waals surface area (Å²) in [4.78, 5) is 23.7. The van der Waals surface area contributed by atoms with Gasteiger partial charge >= 0.3 is 0 Å². The van der Waals surface area contributed by atoms with Crippen molar-refractivity contribution in [1.29, 1.82) is 0 Å². The van der Waals surface area contributed by atoms with Crippen LogP contribution in [0.3, 0.4) is 0 Å². The molecule has 6 nitrogen and oxygen atoms in total. The predicted octanol–water partition coefficient (Wildman–Crippen LogP) is 2.91. The van der Waals surface area contributed by atoms with E-state index < -0.39 is 0 Å². The Bertz CT molecular complexity index is 917. The van der Waals surface area contributed by atoms with Crippen LogP contribution in [0.15, 0.2) is 42.9 Å². The van der Waals surface area contributed by atoms with Crippen LogP contribution in [0.25, 0.3) is 5.65 Å². The maximum absolute atomic E-state index is 12.6. The molecule has 4 heterocycles. The minimum absolute atomic E-state index is 0.134. The monoisotopic (exact) mass is 355 g/mol. The Labute approximate surface area is 150 Å². The van der Waals surface area contributed by atoms with Gasteiger partial charge in [0.2, 0.25) is 0 Å². The number of nitrogens with one attached hydrogen (secondary N) is 1. The molecule has 0 aromatic carbocycles. The average Bonchev–Trinajstić information content (AvgIpc) is 3.28. The van der Waals surface area contributed by atoms with Crippen molar-refractivity contribution in [3.05, 3.63) is 59.1 Å². The summed E-state index contributed by atoms with van der Waals surface area (Å²) in [6.07, 6.45) is 7.67. The first-order valence-corrected chi connectivity index (χ1v) is 8.70. The molecule has 25 heavy (non-hydrogen) atoms. The second-order valence-electron chi connectivity index (χ2n) is 6.10. The van der Waals surface area contributed by atoms with Crippen LogP contribution in [0.2, 0.25) is 5.02 Å². The molecule has 7 heteroatoms. The predicted molar refractivity (Wildman–Crippen MR) is 97.1 cm³/mol. The van der Waals surface area contributed by atoms with Gasteiger partial charge < -0.3 is 14.6 Å². The smallest absolute Gasteiger partial charge is 0.255 e. The molecule has 0 spiro atoms. The number of halogens is 1. The molecule has 1 aliphatic heterocycles. The summed E-state index contributed by atoms with van der Waals surface area (Å²) in [5, 5.41) is 3.58. The largest absolute Gasteiger partial charge is 0.356 e. The Morgan fingerprint density at radius 3 is 2.88 bits per heavy atom. The quantitative estimate of drug-likeness (QED) is 0.781. The Hall–Kier alpha value is -2.60. The number of aromatic nitrogens is 3. The third-order valence-electron chi connectivity index (χ3n) is 4.33. The van der Waals surface area contributed by atoms with Gasteiger partial charge in [-0.05, 0) is 37.1 Å². The Morgan fingerprint density at radius 2 is 2.04 bits per heavy atom. The molecule has 1 aliphatic rings. The summed E-state index contributed by atoms with van der Waals surface area (Å²) in [6.45, 7) is 2.25. The van der Waals surface area contributed by atoms with E-state index in [9.17, 15) is 4.79 Å². The van der Waals surface area contributed by atoms with Gasteiger partial charge in [0.25, 0.3) is 5.91 Å². The first-order valence-electron chi connectivity index (χ1n) is 8.32. The standard InChI is InChI=1S/C18H18ClN5O/c19-13-5-6-16-22-14(12-24(16)11-13)10-21-18(25)15-4-3-7-20-17(15)23-8-1-2-9-23/h3-7,11-12H,1-2,8-10H2,(H,21,25). The highest BCUT2D eigenvalue weighted by atomic mass is 35.5. The van der Waals surface area contributed by atoms with Crippen molar-refractivity contribution in [2.45, 2.75) is 19.4 Å². The number of rotatable bonds is 4. The molecule has 1 saturated heterocycles. The van der Waals surface area contributed by atoms with E-state index in [0.29, 0.717) is 17.1 Å². The van der Waals surface area contributed by atoms with Gasteiger partial charge in [0.1, 0.15) is 11.5 Å². The fourth-order valence-corrected chi connectivity index (χ4v) is 3.29. The van der Waals surface area contributed by atoms with E-state index in [-0.39, 0.29) is 5.91 Å². The first kappa shape index (κ1) is 15.9. The summed E-state index contributed by atoms with van der Waals surface area (Å²) >= 11 is 5.99. The minimum Gasteiger partial charge on any atom is -0.356 e. The van der Waals surface area contributed by atoms with E-state index in [1.54, 1.807) is 24.5 Å². The molecular formula is C18H18ClN5O. The highest BCUT2D eigenvalue weighted by Gasteiger charge is 2.20. The zero-order chi connectivity index (χ0) is 17.2. The third kappa shape index (κ3) is 3.30. The van der Waals surface area contributed by atoms with Crippen LogP contribution in [0.1, 0.15) is 28.9 Å². The SMILES string of the molecule is O=C(NCc1cn2cc(Cl)ccc2n1)c1cccnc1N1CCCC1. The van der Waals surface area contributed by atoms with E-state index in [1.807, 2.05) is 22.7 Å². The number of anilines is 1. The average molecular weight is 356 g/mol. The number of hydrogen-bond donors (Lipinski definition) is 1. The van der Waals surface area contributed by atoms with Gasteiger partial charge in [0.05, 0.1) is 22.8 Å². The summed E-state index contributed by atoms with van der Waals surface area (Å²) in [5.74, 6) is 0.629. The normalized spacial score (nSPS) is 14.2. The fourth-order valence-electron chi connectivity index (χ4n) is 3.12. The molecular weight excluding hydrogens is 338 g/mol. The summed E-state index contributed by atoms with van der Waals surface area (Å²) < 4.78 is 1.85. The second-order valence-corrected chi connectivity index (χ2v) is 6.53. The van der Waals surface area contributed by atoms with Gasteiger partial charge in [-0.15, -0.1) is 0 Å². The van der Waals surface area contributed by atoms with Crippen LogP contribution in [0.4, 0.5) is 5.82 Å². The van der Waals surface area contributed by atoms with Crippen molar-refractivity contribution < 1.29 is 4.79 Å². The van der Waals surface area contributed by atoms with Crippen LogP contribution in [0.5, 0.6) is 0 Å². The van der Waals surface area contributed by atoms with E-state index in [0.717, 1.165) is 43.1 Å².